The zero-order chi connectivity index (χ0) is 22.3. The molecule has 162 valence electrons. The minimum atomic E-state index is -3.85. The third-order valence-electron chi connectivity index (χ3n) is 4.04. The molecule has 9 nitrogen and oxygen atoms in total. The Morgan fingerprint density at radius 2 is 1.61 bits per heavy atom. The number of nitrogens with one attached hydrogen (secondary N) is 2. The molecule has 0 aliphatic carbocycles. The van der Waals surface area contributed by atoms with E-state index in [2.05, 4.69) is 20.0 Å². The Morgan fingerprint density at radius 1 is 1.00 bits per heavy atom. The van der Waals surface area contributed by atoms with Crippen LogP contribution in [0.25, 0.3) is 0 Å². The molecule has 1 amide bonds. The summed E-state index contributed by atoms with van der Waals surface area (Å²) in [6, 6.07) is 14.3. The summed E-state index contributed by atoms with van der Waals surface area (Å²) < 4.78 is 38.1. The molecule has 10 heteroatoms. The van der Waals surface area contributed by atoms with Crippen LogP contribution in [0.2, 0.25) is 0 Å². The second-order valence-electron chi connectivity index (χ2n) is 6.36. The lowest BCUT2D eigenvalue weighted by molar-refractivity contribution is -0.122. The Morgan fingerprint density at radius 3 is 2.23 bits per heavy atom. The molecule has 0 spiro atoms. The summed E-state index contributed by atoms with van der Waals surface area (Å²) in [6.45, 7) is 4.08. The van der Waals surface area contributed by atoms with Gasteiger partial charge in [-0.25, -0.2) is 23.1 Å². The third kappa shape index (κ3) is 6.16. The number of carbonyl (C=O) groups excluding carboxylic acids is 1. The molecule has 3 rings (SSSR count). The Bertz CT molecular complexity index is 1100. The predicted molar refractivity (Wildman–Crippen MR) is 116 cm³/mol. The fraction of sp³-hybridized carbons (Fsp3) is 0.190. The first-order valence-corrected chi connectivity index (χ1v) is 11.0. The number of aromatic nitrogens is 2. The number of hydrogen-bond acceptors (Lipinski definition) is 7. The number of benzene rings is 2. The Labute approximate surface area is 180 Å². The van der Waals surface area contributed by atoms with E-state index in [9.17, 15) is 13.2 Å². The number of ether oxygens (including phenoxy) is 2. The fourth-order valence-electron chi connectivity index (χ4n) is 2.53. The molecule has 0 saturated carbocycles. The molecular formula is C21H22N4O5S. The maximum atomic E-state index is 12.4. The first-order valence-electron chi connectivity index (χ1n) is 9.47. The molecule has 2 aromatic carbocycles. The van der Waals surface area contributed by atoms with Crippen LogP contribution in [0.5, 0.6) is 11.5 Å². The minimum absolute atomic E-state index is 0.0108. The van der Waals surface area contributed by atoms with Crippen molar-refractivity contribution in [2.24, 2.45) is 0 Å². The van der Waals surface area contributed by atoms with Gasteiger partial charge < -0.3 is 14.8 Å². The molecule has 3 aromatic rings. The lowest BCUT2D eigenvalue weighted by atomic mass is 10.3. The van der Waals surface area contributed by atoms with Gasteiger partial charge in [-0.15, -0.1) is 0 Å². The van der Waals surface area contributed by atoms with E-state index in [1.165, 1.54) is 36.7 Å². The van der Waals surface area contributed by atoms with Gasteiger partial charge in [0, 0.05) is 18.1 Å². The van der Waals surface area contributed by atoms with Crippen LogP contribution in [0.15, 0.2) is 71.9 Å². The first-order chi connectivity index (χ1) is 14.9. The van der Waals surface area contributed by atoms with Gasteiger partial charge in [0.05, 0.1) is 11.5 Å². The molecule has 0 saturated heterocycles. The third-order valence-corrected chi connectivity index (χ3v) is 5.38. The van der Waals surface area contributed by atoms with Crippen LogP contribution in [0.3, 0.4) is 0 Å². The van der Waals surface area contributed by atoms with Gasteiger partial charge in [0.1, 0.15) is 11.5 Å². The van der Waals surface area contributed by atoms with Crippen molar-refractivity contribution < 1.29 is 22.7 Å². The second-order valence-corrected chi connectivity index (χ2v) is 8.04. The van der Waals surface area contributed by atoms with Gasteiger partial charge >= 0.3 is 0 Å². The lowest BCUT2D eigenvalue weighted by Gasteiger charge is -2.15. The highest BCUT2D eigenvalue weighted by Gasteiger charge is 2.17. The van der Waals surface area contributed by atoms with Crippen molar-refractivity contribution in [2.45, 2.75) is 24.8 Å². The van der Waals surface area contributed by atoms with Crippen LogP contribution in [0.4, 0.5) is 11.6 Å². The molecule has 1 unspecified atom stereocenters. The van der Waals surface area contributed by atoms with Gasteiger partial charge in [-0.3, -0.25) is 4.79 Å². The molecule has 1 heterocycles. The highest BCUT2D eigenvalue weighted by Crippen LogP contribution is 2.20. The molecule has 0 bridgehead atoms. The normalized spacial score (nSPS) is 11.9. The highest BCUT2D eigenvalue weighted by molar-refractivity contribution is 7.92. The summed E-state index contributed by atoms with van der Waals surface area (Å²) in [5.41, 5.74) is 0.432. The number of carbonyl (C=O) groups is 1. The Hall–Kier alpha value is -3.66. The summed E-state index contributed by atoms with van der Waals surface area (Å²) in [5, 5.41) is 2.69. The standard InChI is InChI=1S/C21H22N4O5S/c1-3-29-17-7-9-18(10-8-17)30-15(2)20(26)24-16-5-11-19(12-6-16)31(27,28)25-21-22-13-4-14-23-21/h4-15H,3H2,1-2H3,(H,24,26)(H,22,23,25). The molecule has 0 aliphatic rings. The average molecular weight is 442 g/mol. The molecule has 0 aliphatic heterocycles. The number of sulfonamides is 1. The molecule has 0 fully saturated rings. The van der Waals surface area contributed by atoms with E-state index in [0.29, 0.717) is 18.0 Å². The number of amides is 1. The van der Waals surface area contributed by atoms with E-state index in [4.69, 9.17) is 9.47 Å². The van der Waals surface area contributed by atoms with Gasteiger partial charge in [-0.05, 0) is 68.4 Å². The Balaban J connectivity index is 1.59. The molecule has 0 radical (unpaired) electrons. The topological polar surface area (TPSA) is 120 Å². The van der Waals surface area contributed by atoms with E-state index in [-0.39, 0.29) is 16.8 Å². The highest BCUT2D eigenvalue weighted by atomic mass is 32.2. The largest absolute Gasteiger partial charge is 0.494 e. The van der Waals surface area contributed by atoms with Crippen LogP contribution in [-0.4, -0.2) is 37.0 Å². The molecule has 1 aromatic heterocycles. The molecule has 2 N–H and O–H groups in total. The maximum absolute atomic E-state index is 12.4. The van der Waals surface area contributed by atoms with E-state index in [1.807, 2.05) is 6.92 Å². The summed E-state index contributed by atoms with van der Waals surface area (Å²) in [5.74, 6) is 0.845. The number of nitrogens with zero attached hydrogens (tertiary/aromatic N) is 2. The van der Waals surface area contributed by atoms with E-state index in [1.54, 1.807) is 37.3 Å². The van der Waals surface area contributed by atoms with Gasteiger partial charge in [0.15, 0.2) is 6.10 Å². The lowest BCUT2D eigenvalue weighted by Crippen LogP contribution is -2.30. The van der Waals surface area contributed by atoms with Gasteiger partial charge in [-0.2, -0.15) is 0 Å². The summed E-state index contributed by atoms with van der Waals surface area (Å²) in [7, 11) is -3.85. The quantitative estimate of drug-likeness (QED) is 0.522. The van der Waals surface area contributed by atoms with Gasteiger partial charge in [0.2, 0.25) is 5.95 Å². The van der Waals surface area contributed by atoms with Gasteiger partial charge in [-0.1, -0.05) is 0 Å². The van der Waals surface area contributed by atoms with Crippen molar-refractivity contribution in [1.82, 2.24) is 9.97 Å². The first kappa shape index (κ1) is 22.0. The predicted octanol–water partition coefficient (Wildman–Crippen LogP) is 3.08. The smallest absolute Gasteiger partial charge is 0.265 e. The number of hydrogen-bond donors (Lipinski definition) is 2. The summed E-state index contributed by atoms with van der Waals surface area (Å²) in [6.07, 6.45) is 2.10. The molecule has 31 heavy (non-hydrogen) atoms. The fourth-order valence-corrected chi connectivity index (χ4v) is 3.49. The summed E-state index contributed by atoms with van der Waals surface area (Å²) >= 11 is 0. The molecule has 1 atom stereocenters. The zero-order valence-electron chi connectivity index (χ0n) is 17.0. The number of anilines is 2. The SMILES string of the molecule is CCOc1ccc(OC(C)C(=O)Nc2ccc(S(=O)(=O)Nc3ncccn3)cc2)cc1. The van der Waals surface area contributed by atoms with Crippen molar-refractivity contribution in [3.63, 3.8) is 0 Å². The van der Waals surface area contributed by atoms with E-state index in [0.717, 1.165) is 5.75 Å². The van der Waals surface area contributed by atoms with Crippen LogP contribution < -0.4 is 19.5 Å². The van der Waals surface area contributed by atoms with Crippen molar-refractivity contribution in [3.05, 3.63) is 67.0 Å². The van der Waals surface area contributed by atoms with E-state index < -0.39 is 16.1 Å². The maximum Gasteiger partial charge on any atom is 0.265 e. The van der Waals surface area contributed by atoms with Crippen molar-refractivity contribution in [1.29, 1.82) is 0 Å². The van der Waals surface area contributed by atoms with Crippen molar-refractivity contribution >= 4 is 27.6 Å². The van der Waals surface area contributed by atoms with Crippen LogP contribution in [0, 0.1) is 0 Å². The molecular weight excluding hydrogens is 420 g/mol. The second kappa shape index (κ2) is 9.90. The monoisotopic (exact) mass is 442 g/mol. The van der Waals surface area contributed by atoms with Crippen molar-refractivity contribution in [2.75, 3.05) is 16.6 Å². The zero-order valence-corrected chi connectivity index (χ0v) is 17.8. The Kier molecular flexibility index (Phi) is 7.03. The summed E-state index contributed by atoms with van der Waals surface area (Å²) in [4.78, 5) is 20.1. The van der Waals surface area contributed by atoms with Crippen LogP contribution >= 0.6 is 0 Å². The average Bonchev–Trinajstić information content (AvgIpc) is 2.76. The van der Waals surface area contributed by atoms with Gasteiger partial charge in [0.25, 0.3) is 15.9 Å². The van der Waals surface area contributed by atoms with Crippen LogP contribution in [0.1, 0.15) is 13.8 Å². The van der Waals surface area contributed by atoms with E-state index >= 15 is 0 Å². The van der Waals surface area contributed by atoms with Crippen LogP contribution in [-0.2, 0) is 14.8 Å². The number of rotatable bonds is 9. The van der Waals surface area contributed by atoms with Crippen molar-refractivity contribution in [3.8, 4) is 11.5 Å². The minimum Gasteiger partial charge on any atom is -0.494 e.